The largest absolute Gasteiger partial charge is 0.0999 e. The summed E-state index contributed by atoms with van der Waals surface area (Å²) in [7, 11) is 1.39. The van der Waals surface area contributed by atoms with Crippen molar-refractivity contribution in [1.82, 2.24) is 0 Å². The molecule has 0 aromatic carbocycles. The fourth-order valence-electron chi connectivity index (χ4n) is 1.33. The molecule has 72 valence electrons. The first-order chi connectivity index (χ1) is 5.81. The maximum Gasteiger partial charge on any atom is 0.00279 e. The maximum absolute atomic E-state index is 4.01. The SMILES string of the molecule is C=C(CC)CCCCCCC[SiH3]. The third-order valence-corrected chi connectivity index (χ3v) is 3.09. The minimum atomic E-state index is 1.17. The van der Waals surface area contributed by atoms with Crippen molar-refractivity contribution < 1.29 is 0 Å². The number of unbranched alkanes of at least 4 members (excludes halogenated alkanes) is 4. The van der Waals surface area contributed by atoms with Gasteiger partial charge in [-0.25, -0.2) is 0 Å². The molecule has 0 saturated heterocycles. The van der Waals surface area contributed by atoms with Gasteiger partial charge >= 0.3 is 0 Å². The van der Waals surface area contributed by atoms with Gasteiger partial charge in [-0.2, -0.15) is 0 Å². The minimum Gasteiger partial charge on any atom is -0.0999 e. The highest BCUT2D eigenvalue weighted by molar-refractivity contribution is 6.08. The monoisotopic (exact) mass is 184 g/mol. The van der Waals surface area contributed by atoms with Gasteiger partial charge in [0, 0.05) is 10.2 Å². The quantitative estimate of drug-likeness (QED) is 0.309. The topological polar surface area (TPSA) is 0 Å². The van der Waals surface area contributed by atoms with E-state index in [1.54, 1.807) is 0 Å². The predicted molar refractivity (Wildman–Crippen MR) is 61.9 cm³/mol. The highest BCUT2D eigenvalue weighted by Gasteiger charge is 1.92. The molecule has 0 saturated carbocycles. The van der Waals surface area contributed by atoms with Crippen molar-refractivity contribution >= 4 is 10.2 Å². The molecule has 0 aromatic heterocycles. The van der Waals surface area contributed by atoms with Crippen LogP contribution in [0.3, 0.4) is 0 Å². The third kappa shape index (κ3) is 8.06. The molecule has 0 fully saturated rings. The predicted octanol–water partition coefficient (Wildman–Crippen LogP) is 3.08. The van der Waals surface area contributed by atoms with Crippen molar-refractivity contribution in [1.29, 1.82) is 0 Å². The van der Waals surface area contributed by atoms with Gasteiger partial charge < -0.3 is 0 Å². The lowest BCUT2D eigenvalue weighted by molar-refractivity contribution is 0.627. The summed E-state index contributed by atoms with van der Waals surface area (Å²) in [5.74, 6) is 0. The third-order valence-electron chi connectivity index (χ3n) is 2.38. The van der Waals surface area contributed by atoms with Gasteiger partial charge in [0.05, 0.1) is 0 Å². The Labute approximate surface area is 80.9 Å². The fourth-order valence-corrected chi connectivity index (χ4v) is 1.83. The van der Waals surface area contributed by atoms with E-state index in [1.165, 1.54) is 66.8 Å². The zero-order valence-electron chi connectivity index (χ0n) is 8.86. The van der Waals surface area contributed by atoms with Crippen LogP contribution in [0.25, 0.3) is 0 Å². The summed E-state index contributed by atoms with van der Waals surface area (Å²) in [5.41, 5.74) is 1.43. The zero-order valence-corrected chi connectivity index (χ0v) is 10.9. The molecule has 1 heteroatoms. The molecule has 0 N–H and O–H groups in total. The minimum absolute atomic E-state index is 1.17. The van der Waals surface area contributed by atoms with Crippen molar-refractivity contribution in [3.63, 3.8) is 0 Å². The standard InChI is InChI=1S/C11H24Si/c1-3-11(2)9-7-5-4-6-8-10-12/h2-10H2,1,12H3. The molecule has 0 nitrogen and oxygen atoms in total. The molecule has 12 heavy (non-hydrogen) atoms. The summed E-state index contributed by atoms with van der Waals surface area (Å²) in [6, 6.07) is 1.49. The maximum atomic E-state index is 4.01. The van der Waals surface area contributed by atoms with Crippen molar-refractivity contribution in [2.45, 2.75) is 57.9 Å². The normalized spacial score (nSPS) is 10.4. The average Bonchev–Trinajstić information content (AvgIpc) is 2.10. The summed E-state index contributed by atoms with van der Waals surface area (Å²) in [4.78, 5) is 0. The second-order valence-corrected chi connectivity index (χ2v) is 4.62. The van der Waals surface area contributed by atoms with E-state index in [-0.39, 0.29) is 0 Å². The smallest absolute Gasteiger partial charge is 0.00279 e. The summed E-state index contributed by atoms with van der Waals surface area (Å²) < 4.78 is 0. The van der Waals surface area contributed by atoms with Gasteiger partial charge in [-0.15, -0.1) is 0 Å². The summed E-state index contributed by atoms with van der Waals surface area (Å²) in [6.07, 6.45) is 9.59. The number of rotatable bonds is 8. The van der Waals surface area contributed by atoms with Gasteiger partial charge in [-0.05, 0) is 19.3 Å². The molecule has 0 radical (unpaired) electrons. The van der Waals surface area contributed by atoms with Gasteiger partial charge in [0.2, 0.25) is 0 Å². The Morgan fingerprint density at radius 2 is 1.67 bits per heavy atom. The van der Waals surface area contributed by atoms with Crippen LogP contribution in [-0.2, 0) is 0 Å². The molecule has 0 rings (SSSR count). The Hall–Kier alpha value is -0.0431. The molecule has 0 heterocycles. The molecule has 0 unspecified atom stereocenters. The lowest BCUT2D eigenvalue weighted by Crippen LogP contribution is -1.82. The molecular formula is C11H24Si. The average molecular weight is 184 g/mol. The van der Waals surface area contributed by atoms with Crippen LogP contribution >= 0.6 is 0 Å². The van der Waals surface area contributed by atoms with Crippen LogP contribution in [0.1, 0.15) is 51.9 Å². The van der Waals surface area contributed by atoms with E-state index in [9.17, 15) is 0 Å². The van der Waals surface area contributed by atoms with Crippen molar-refractivity contribution in [3.8, 4) is 0 Å². The van der Waals surface area contributed by atoms with E-state index < -0.39 is 0 Å². The highest BCUT2D eigenvalue weighted by atomic mass is 28.1. The van der Waals surface area contributed by atoms with Crippen LogP contribution in [0.5, 0.6) is 0 Å². The van der Waals surface area contributed by atoms with Crippen molar-refractivity contribution in [2.24, 2.45) is 0 Å². The van der Waals surface area contributed by atoms with Crippen LogP contribution in [0.15, 0.2) is 12.2 Å². The van der Waals surface area contributed by atoms with Gasteiger partial charge in [0.15, 0.2) is 0 Å². The van der Waals surface area contributed by atoms with Gasteiger partial charge in [0.25, 0.3) is 0 Å². The van der Waals surface area contributed by atoms with E-state index >= 15 is 0 Å². The second kappa shape index (κ2) is 9.05. The first-order valence-electron chi connectivity index (χ1n) is 5.47. The Morgan fingerprint density at radius 1 is 1.08 bits per heavy atom. The van der Waals surface area contributed by atoms with E-state index in [4.69, 9.17) is 0 Å². The van der Waals surface area contributed by atoms with Crippen molar-refractivity contribution in [3.05, 3.63) is 12.2 Å². The number of hydrogen-bond acceptors (Lipinski definition) is 0. The highest BCUT2D eigenvalue weighted by Crippen LogP contribution is 2.11. The lowest BCUT2D eigenvalue weighted by Gasteiger charge is -2.01. The van der Waals surface area contributed by atoms with E-state index in [0.29, 0.717) is 0 Å². The Morgan fingerprint density at radius 3 is 2.25 bits per heavy atom. The van der Waals surface area contributed by atoms with Crippen LogP contribution in [0.2, 0.25) is 6.04 Å². The number of allylic oxidation sites excluding steroid dienone is 1. The molecule has 0 aliphatic carbocycles. The Bertz CT molecular complexity index is 108. The Balaban J connectivity index is 2.95. The second-order valence-electron chi connectivity index (χ2n) is 3.62. The number of hydrogen-bond donors (Lipinski definition) is 0. The first-order valence-corrected chi connectivity index (χ1v) is 6.89. The lowest BCUT2D eigenvalue weighted by atomic mass is 10.1. The van der Waals surface area contributed by atoms with Crippen LogP contribution < -0.4 is 0 Å². The molecule has 0 spiro atoms. The molecule has 0 aliphatic heterocycles. The molecule has 0 amide bonds. The summed E-state index contributed by atoms with van der Waals surface area (Å²) in [6.45, 7) is 6.21. The van der Waals surface area contributed by atoms with Crippen LogP contribution in [-0.4, -0.2) is 10.2 Å². The molecular weight excluding hydrogens is 160 g/mol. The molecule has 0 bridgehead atoms. The van der Waals surface area contributed by atoms with Gasteiger partial charge in [-0.3, -0.25) is 0 Å². The molecule has 0 aromatic rings. The van der Waals surface area contributed by atoms with E-state index in [2.05, 4.69) is 13.5 Å². The molecule has 0 aliphatic rings. The fraction of sp³-hybridized carbons (Fsp3) is 0.818. The zero-order chi connectivity index (χ0) is 9.23. The first kappa shape index (κ1) is 12.0. The van der Waals surface area contributed by atoms with Crippen molar-refractivity contribution in [2.75, 3.05) is 0 Å². The van der Waals surface area contributed by atoms with Crippen LogP contribution in [0.4, 0.5) is 0 Å². The summed E-state index contributed by atoms with van der Waals surface area (Å²) >= 11 is 0. The van der Waals surface area contributed by atoms with E-state index in [1.807, 2.05) is 0 Å². The van der Waals surface area contributed by atoms with Crippen LogP contribution in [0, 0.1) is 0 Å². The Kier molecular flexibility index (Phi) is 9.02. The van der Waals surface area contributed by atoms with E-state index in [0.717, 1.165) is 0 Å². The van der Waals surface area contributed by atoms with Gasteiger partial charge in [0.1, 0.15) is 0 Å². The van der Waals surface area contributed by atoms with Gasteiger partial charge in [-0.1, -0.05) is 50.8 Å². The summed E-state index contributed by atoms with van der Waals surface area (Å²) in [5, 5.41) is 0. The molecule has 0 atom stereocenters.